The minimum absolute atomic E-state index is 0.100. The summed E-state index contributed by atoms with van der Waals surface area (Å²) < 4.78 is 5.81. The predicted octanol–water partition coefficient (Wildman–Crippen LogP) is 2.30. The minimum atomic E-state index is -0.612. The standard InChI is InChI=1S/C13H18BrNO3/c1-13(2,8-16)15(3)12(17)10-7-9(18-4)5-6-11(10)14/h5-7,16H,8H2,1-4H3. The Balaban J connectivity index is 3.11. The highest BCUT2D eigenvalue weighted by Crippen LogP contribution is 2.25. The minimum Gasteiger partial charge on any atom is -0.497 e. The molecule has 0 heterocycles. The van der Waals surface area contributed by atoms with Gasteiger partial charge in [0.25, 0.3) is 5.91 Å². The van der Waals surface area contributed by atoms with E-state index in [0.717, 1.165) is 0 Å². The van der Waals surface area contributed by atoms with Gasteiger partial charge in [-0.05, 0) is 48.0 Å². The lowest BCUT2D eigenvalue weighted by atomic mass is 10.0. The molecule has 1 N–H and O–H groups in total. The molecule has 1 aromatic rings. The SMILES string of the molecule is COc1ccc(Br)c(C(=O)N(C)C(C)(C)CO)c1. The quantitative estimate of drug-likeness (QED) is 0.927. The maximum Gasteiger partial charge on any atom is 0.255 e. The van der Waals surface area contributed by atoms with Crippen molar-refractivity contribution in [2.24, 2.45) is 0 Å². The number of nitrogens with zero attached hydrogens (tertiary/aromatic N) is 1. The molecule has 1 amide bonds. The van der Waals surface area contributed by atoms with Crippen LogP contribution in [0.2, 0.25) is 0 Å². The Labute approximate surface area is 116 Å². The smallest absolute Gasteiger partial charge is 0.255 e. The number of aliphatic hydroxyl groups is 1. The second-order valence-electron chi connectivity index (χ2n) is 4.68. The third-order valence-corrected chi connectivity index (χ3v) is 3.70. The van der Waals surface area contributed by atoms with Crippen molar-refractivity contribution in [2.75, 3.05) is 20.8 Å². The molecular formula is C13H18BrNO3. The molecule has 100 valence electrons. The number of likely N-dealkylation sites (N-methyl/N-ethyl adjacent to an activating group) is 1. The number of methoxy groups -OCH3 is 1. The number of benzene rings is 1. The zero-order chi connectivity index (χ0) is 13.9. The first kappa shape index (κ1) is 15.0. The molecule has 1 rings (SSSR count). The molecule has 5 heteroatoms. The number of halogens is 1. The average molecular weight is 316 g/mol. The molecule has 0 aliphatic heterocycles. The summed E-state index contributed by atoms with van der Waals surface area (Å²) in [5, 5.41) is 9.30. The van der Waals surface area contributed by atoms with Gasteiger partial charge in [0, 0.05) is 11.5 Å². The van der Waals surface area contributed by atoms with Gasteiger partial charge in [-0.3, -0.25) is 4.79 Å². The van der Waals surface area contributed by atoms with Gasteiger partial charge >= 0.3 is 0 Å². The van der Waals surface area contributed by atoms with Gasteiger partial charge < -0.3 is 14.7 Å². The fourth-order valence-corrected chi connectivity index (χ4v) is 1.77. The van der Waals surface area contributed by atoms with Gasteiger partial charge in [-0.15, -0.1) is 0 Å². The van der Waals surface area contributed by atoms with Crippen LogP contribution in [-0.2, 0) is 0 Å². The van der Waals surface area contributed by atoms with Crippen molar-refractivity contribution in [1.82, 2.24) is 4.90 Å². The third-order valence-electron chi connectivity index (χ3n) is 3.00. The second kappa shape index (κ2) is 5.71. The molecule has 1 aromatic carbocycles. The molecule has 18 heavy (non-hydrogen) atoms. The highest BCUT2D eigenvalue weighted by atomic mass is 79.9. The van der Waals surface area contributed by atoms with E-state index in [1.165, 1.54) is 4.90 Å². The van der Waals surface area contributed by atoms with Gasteiger partial charge in [0.15, 0.2) is 0 Å². The van der Waals surface area contributed by atoms with Crippen molar-refractivity contribution in [1.29, 1.82) is 0 Å². The lowest BCUT2D eigenvalue weighted by Gasteiger charge is -2.34. The largest absolute Gasteiger partial charge is 0.497 e. The Morgan fingerprint density at radius 3 is 2.61 bits per heavy atom. The molecular weight excluding hydrogens is 298 g/mol. The first-order chi connectivity index (χ1) is 8.33. The summed E-state index contributed by atoms with van der Waals surface area (Å²) in [4.78, 5) is 13.9. The van der Waals surface area contributed by atoms with Crippen LogP contribution in [0.1, 0.15) is 24.2 Å². The molecule has 0 aliphatic carbocycles. The summed E-state index contributed by atoms with van der Waals surface area (Å²) in [6.45, 7) is 3.51. The van der Waals surface area contributed by atoms with E-state index in [1.807, 2.05) is 0 Å². The van der Waals surface area contributed by atoms with E-state index < -0.39 is 5.54 Å². The second-order valence-corrected chi connectivity index (χ2v) is 5.53. The Hall–Kier alpha value is -1.07. The molecule has 4 nitrogen and oxygen atoms in total. The monoisotopic (exact) mass is 315 g/mol. The summed E-state index contributed by atoms with van der Waals surface area (Å²) in [5.41, 5.74) is -0.0991. The molecule has 0 radical (unpaired) electrons. The van der Waals surface area contributed by atoms with Crippen LogP contribution in [0, 0.1) is 0 Å². The van der Waals surface area contributed by atoms with E-state index >= 15 is 0 Å². The number of amides is 1. The zero-order valence-electron chi connectivity index (χ0n) is 11.0. The maximum absolute atomic E-state index is 12.4. The first-order valence-corrected chi connectivity index (χ1v) is 6.35. The fraction of sp³-hybridized carbons (Fsp3) is 0.462. The van der Waals surface area contributed by atoms with Crippen molar-refractivity contribution in [3.8, 4) is 5.75 Å². The van der Waals surface area contributed by atoms with Gasteiger partial charge in [0.2, 0.25) is 0 Å². The molecule has 0 aromatic heterocycles. The van der Waals surface area contributed by atoms with Crippen LogP contribution in [0.3, 0.4) is 0 Å². The van der Waals surface area contributed by atoms with Crippen LogP contribution in [-0.4, -0.2) is 42.2 Å². The topological polar surface area (TPSA) is 49.8 Å². The van der Waals surface area contributed by atoms with E-state index in [4.69, 9.17) is 4.74 Å². The fourth-order valence-electron chi connectivity index (χ4n) is 1.36. The summed E-state index contributed by atoms with van der Waals surface area (Å²) >= 11 is 3.35. The van der Waals surface area contributed by atoms with Crippen molar-refractivity contribution in [2.45, 2.75) is 19.4 Å². The van der Waals surface area contributed by atoms with Crippen LogP contribution in [0.25, 0.3) is 0 Å². The Kier molecular flexibility index (Phi) is 4.76. The molecule has 0 unspecified atom stereocenters. The van der Waals surface area contributed by atoms with Crippen molar-refractivity contribution >= 4 is 21.8 Å². The number of rotatable bonds is 4. The molecule has 0 saturated carbocycles. The van der Waals surface area contributed by atoms with Gasteiger partial charge in [0.1, 0.15) is 5.75 Å². The predicted molar refractivity (Wildman–Crippen MR) is 74.0 cm³/mol. The van der Waals surface area contributed by atoms with Crippen molar-refractivity contribution in [3.05, 3.63) is 28.2 Å². The van der Waals surface area contributed by atoms with Crippen molar-refractivity contribution in [3.63, 3.8) is 0 Å². The van der Waals surface area contributed by atoms with Crippen molar-refractivity contribution < 1.29 is 14.6 Å². The number of hydrogen-bond donors (Lipinski definition) is 1. The zero-order valence-corrected chi connectivity index (χ0v) is 12.6. The van der Waals surface area contributed by atoms with E-state index in [-0.39, 0.29) is 12.5 Å². The Morgan fingerprint density at radius 1 is 1.50 bits per heavy atom. The van der Waals surface area contributed by atoms with E-state index in [1.54, 1.807) is 46.2 Å². The summed E-state index contributed by atoms with van der Waals surface area (Å²) in [6.07, 6.45) is 0. The number of carbonyl (C=O) groups excluding carboxylic acids is 1. The number of ether oxygens (including phenoxy) is 1. The van der Waals surface area contributed by atoms with Gasteiger partial charge in [0.05, 0.1) is 24.8 Å². The van der Waals surface area contributed by atoms with Gasteiger partial charge in [-0.25, -0.2) is 0 Å². The maximum atomic E-state index is 12.4. The molecule has 0 atom stereocenters. The van der Waals surface area contributed by atoms with Crippen LogP contribution < -0.4 is 4.74 Å². The molecule has 0 fully saturated rings. The summed E-state index contributed by atoms with van der Waals surface area (Å²) in [6, 6.07) is 5.22. The van der Waals surface area contributed by atoms with Crippen LogP contribution in [0.5, 0.6) is 5.75 Å². The summed E-state index contributed by atoms with van der Waals surface area (Å²) in [5.74, 6) is 0.455. The Morgan fingerprint density at radius 2 is 2.11 bits per heavy atom. The number of hydrogen-bond acceptors (Lipinski definition) is 3. The average Bonchev–Trinajstić information content (AvgIpc) is 2.37. The molecule has 0 bridgehead atoms. The normalized spacial score (nSPS) is 11.2. The highest BCUT2D eigenvalue weighted by Gasteiger charge is 2.28. The number of carbonyl (C=O) groups is 1. The van der Waals surface area contributed by atoms with E-state index in [0.29, 0.717) is 15.8 Å². The molecule has 0 aliphatic rings. The molecule has 0 spiro atoms. The van der Waals surface area contributed by atoms with E-state index in [9.17, 15) is 9.90 Å². The van der Waals surface area contributed by atoms with Crippen LogP contribution in [0.15, 0.2) is 22.7 Å². The van der Waals surface area contributed by atoms with E-state index in [2.05, 4.69) is 15.9 Å². The lowest BCUT2D eigenvalue weighted by molar-refractivity contribution is 0.0472. The Bertz CT molecular complexity index is 446. The molecule has 0 saturated heterocycles. The summed E-state index contributed by atoms with van der Waals surface area (Å²) in [7, 11) is 3.23. The number of aliphatic hydroxyl groups excluding tert-OH is 1. The lowest BCUT2D eigenvalue weighted by Crippen LogP contribution is -2.47. The van der Waals surface area contributed by atoms with Gasteiger partial charge in [-0.1, -0.05) is 0 Å². The first-order valence-electron chi connectivity index (χ1n) is 5.56. The van der Waals surface area contributed by atoms with Gasteiger partial charge in [-0.2, -0.15) is 0 Å². The third kappa shape index (κ3) is 3.03. The van der Waals surface area contributed by atoms with Crippen LogP contribution >= 0.6 is 15.9 Å². The highest BCUT2D eigenvalue weighted by molar-refractivity contribution is 9.10. The van der Waals surface area contributed by atoms with Crippen LogP contribution in [0.4, 0.5) is 0 Å².